The van der Waals surface area contributed by atoms with Crippen LogP contribution in [0.1, 0.15) is 37.1 Å². The zero-order valence-electron chi connectivity index (χ0n) is 20.4. The van der Waals surface area contributed by atoms with Crippen LogP contribution in [0.2, 0.25) is 5.15 Å². The van der Waals surface area contributed by atoms with Crippen LogP contribution < -0.4 is 14.8 Å². The van der Waals surface area contributed by atoms with Crippen molar-refractivity contribution in [1.29, 1.82) is 0 Å². The van der Waals surface area contributed by atoms with E-state index >= 15 is 0 Å². The second-order valence-electron chi connectivity index (χ2n) is 8.30. The molecule has 0 aromatic carbocycles. The summed E-state index contributed by atoms with van der Waals surface area (Å²) in [5, 5.41) is 7.79. The molecule has 0 saturated carbocycles. The Labute approximate surface area is 221 Å². The molecule has 0 aliphatic carbocycles. The molecule has 2 amide bonds. The van der Waals surface area contributed by atoms with E-state index in [-0.39, 0.29) is 22.7 Å². The molecule has 1 N–H and O–H groups in total. The SMILES string of the molecule is COc1cnc(Cl)cc1-c1cc(C)ncc1C(=O)Nc1nc2c(s1)CN(C(=O)c1nn(C)cc1OC)C2. The van der Waals surface area contributed by atoms with Gasteiger partial charge in [-0.25, -0.2) is 9.97 Å². The summed E-state index contributed by atoms with van der Waals surface area (Å²) in [7, 11) is 4.75. The highest BCUT2D eigenvalue weighted by Gasteiger charge is 2.31. The van der Waals surface area contributed by atoms with Crippen LogP contribution in [0.15, 0.2) is 30.7 Å². The fraction of sp³-hybridized carbons (Fsp3) is 0.250. The summed E-state index contributed by atoms with van der Waals surface area (Å²) in [6.07, 6.45) is 4.67. The van der Waals surface area contributed by atoms with Crippen molar-refractivity contribution in [2.24, 2.45) is 7.05 Å². The molecule has 1 aliphatic rings. The zero-order chi connectivity index (χ0) is 26.3. The van der Waals surface area contributed by atoms with E-state index in [1.165, 1.54) is 42.6 Å². The summed E-state index contributed by atoms with van der Waals surface area (Å²) in [5.74, 6) is 0.273. The van der Waals surface area contributed by atoms with Gasteiger partial charge in [0.2, 0.25) is 0 Å². The van der Waals surface area contributed by atoms with E-state index in [0.717, 1.165) is 16.3 Å². The summed E-state index contributed by atoms with van der Waals surface area (Å²) in [4.78, 5) is 41.7. The van der Waals surface area contributed by atoms with Gasteiger partial charge in [0.05, 0.1) is 55.8 Å². The number of rotatable bonds is 6. The van der Waals surface area contributed by atoms with Crippen LogP contribution in [-0.2, 0) is 20.1 Å². The number of ether oxygens (including phenoxy) is 2. The van der Waals surface area contributed by atoms with Gasteiger partial charge in [0.1, 0.15) is 10.9 Å². The van der Waals surface area contributed by atoms with Gasteiger partial charge >= 0.3 is 0 Å². The Morgan fingerprint density at radius 2 is 1.86 bits per heavy atom. The molecular formula is C24H22ClN7O4S. The Morgan fingerprint density at radius 3 is 2.59 bits per heavy atom. The van der Waals surface area contributed by atoms with Crippen molar-refractivity contribution < 1.29 is 19.1 Å². The Kier molecular flexibility index (Phi) is 6.52. The van der Waals surface area contributed by atoms with Gasteiger partial charge in [-0.05, 0) is 19.1 Å². The molecule has 13 heteroatoms. The number of hydrogen-bond donors (Lipinski definition) is 1. The molecule has 5 heterocycles. The number of amides is 2. The summed E-state index contributed by atoms with van der Waals surface area (Å²) < 4.78 is 12.2. The van der Waals surface area contributed by atoms with Crippen molar-refractivity contribution >= 4 is 39.9 Å². The van der Waals surface area contributed by atoms with Crippen molar-refractivity contribution in [1.82, 2.24) is 29.6 Å². The molecule has 11 nitrogen and oxygen atoms in total. The molecule has 37 heavy (non-hydrogen) atoms. The molecule has 4 aromatic rings. The largest absolute Gasteiger partial charge is 0.494 e. The topological polar surface area (TPSA) is 124 Å². The fourth-order valence-electron chi connectivity index (χ4n) is 4.07. The summed E-state index contributed by atoms with van der Waals surface area (Å²) in [6, 6.07) is 3.44. The van der Waals surface area contributed by atoms with Crippen LogP contribution in [0.25, 0.3) is 11.1 Å². The lowest BCUT2D eigenvalue weighted by atomic mass is 10.0. The number of anilines is 1. The van der Waals surface area contributed by atoms with Crippen LogP contribution >= 0.6 is 22.9 Å². The first-order valence-corrected chi connectivity index (χ1v) is 12.3. The van der Waals surface area contributed by atoms with Crippen LogP contribution in [0.4, 0.5) is 5.13 Å². The molecular weight excluding hydrogens is 518 g/mol. The number of hydrogen-bond acceptors (Lipinski definition) is 9. The van der Waals surface area contributed by atoms with Gasteiger partial charge < -0.3 is 14.4 Å². The number of halogens is 1. The number of carbonyl (C=O) groups is 2. The number of aryl methyl sites for hydroxylation is 2. The van der Waals surface area contributed by atoms with E-state index in [2.05, 4.69) is 25.4 Å². The molecule has 0 radical (unpaired) electrons. The van der Waals surface area contributed by atoms with Crippen LogP contribution in [-0.4, -0.2) is 55.7 Å². The molecule has 0 fully saturated rings. The smallest absolute Gasteiger partial charge is 0.278 e. The molecule has 0 unspecified atom stereocenters. The number of carbonyl (C=O) groups excluding carboxylic acids is 2. The van der Waals surface area contributed by atoms with Crippen molar-refractivity contribution in [3.05, 3.63) is 63.4 Å². The number of nitrogens with zero attached hydrogens (tertiary/aromatic N) is 6. The highest BCUT2D eigenvalue weighted by Crippen LogP contribution is 2.36. The first-order valence-electron chi connectivity index (χ1n) is 11.1. The monoisotopic (exact) mass is 539 g/mol. The van der Waals surface area contributed by atoms with E-state index < -0.39 is 0 Å². The summed E-state index contributed by atoms with van der Waals surface area (Å²) >= 11 is 7.45. The first kappa shape index (κ1) is 24.7. The summed E-state index contributed by atoms with van der Waals surface area (Å²) in [5.41, 5.74) is 3.27. The van der Waals surface area contributed by atoms with Crippen LogP contribution in [0.3, 0.4) is 0 Å². The normalized spacial score (nSPS) is 12.4. The lowest BCUT2D eigenvalue weighted by Gasteiger charge is -2.15. The van der Waals surface area contributed by atoms with Gasteiger partial charge in [0.15, 0.2) is 16.6 Å². The second-order valence-corrected chi connectivity index (χ2v) is 9.77. The lowest BCUT2D eigenvalue weighted by Crippen LogP contribution is -2.26. The number of nitrogens with one attached hydrogen (secondary N) is 1. The van der Waals surface area contributed by atoms with Gasteiger partial charge in [-0.2, -0.15) is 5.10 Å². The van der Waals surface area contributed by atoms with Gasteiger partial charge in [-0.15, -0.1) is 0 Å². The predicted octanol–water partition coefficient (Wildman–Crippen LogP) is 3.72. The van der Waals surface area contributed by atoms with E-state index in [1.54, 1.807) is 30.3 Å². The molecule has 0 spiro atoms. The summed E-state index contributed by atoms with van der Waals surface area (Å²) in [6.45, 7) is 2.51. The minimum absolute atomic E-state index is 0.242. The molecule has 0 atom stereocenters. The van der Waals surface area contributed by atoms with Gasteiger partial charge in [-0.3, -0.25) is 24.6 Å². The van der Waals surface area contributed by atoms with Crippen LogP contribution in [0, 0.1) is 6.92 Å². The molecule has 1 aliphatic heterocycles. The average molecular weight is 540 g/mol. The van der Waals surface area contributed by atoms with E-state index in [1.807, 2.05) is 6.92 Å². The second kappa shape index (κ2) is 9.79. The maximum atomic E-state index is 13.3. The minimum Gasteiger partial charge on any atom is -0.494 e. The highest BCUT2D eigenvalue weighted by molar-refractivity contribution is 7.16. The third kappa shape index (κ3) is 4.72. The zero-order valence-corrected chi connectivity index (χ0v) is 22.0. The standard InChI is InChI=1S/C24H22ClN7O4S/c1-12-5-13(14-6-20(25)27-8-17(14)35-3)15(7-26-12)22(33)29-24-28-16-9-32(11-19(16)37-24)23(34)21-18(36-4)10-31(2)30-21/h5-8,10H,9,11H2,1-4H3,(H,28,29,33). The highest BCUT2D eigenvalue weighted by atomic mass is 35.5. The maximum absolute atomic E-state index is 13.3. The third-order valence-corrected chi connectivity index (χ3v) is 7.01. The van der Waals surface area contributed by atoms with Crippen molar-refractivity contribution in [3.8, 4) is 22.6 Å². The fourth-order valence-corrected chi connectivity index (χ4v) is 5.21. The van der Waals surface area contributed by atoms with Crippen molar-refractivity contribution in [2.45, 2.75) is 20.0 Å². The molecule has 190 valence electrons. The third-order valence-electron chi connectivity index (χ3n) is 5.81. The maximum Gasteiger partial charge on any atom is 0.278 e. The Morgan fingerprint density at radius 1 is 1.08 bits per heavy atom. The van der Waals surface area contributed by atoms with Gasteiger partial charge in [0, 0.05) is 30.1 Å². The van der Waals surface area contributed by atoms with Crippen molar-refractivity contribution in [3.63, 3.8) is 0 Å². The first-order chi connectivity index (χ1) is 17.8. The van der Waals surface area contributed by atoms with Crippen molar-refractivity contribution in [2.75, 3.05) is 19.5 Å². The molecule has 5 rings (SSSR count). The number of fused-ring (bicyclic) bond motifs is 1. The predicted molar refractivity (Wildman–Crippen MR) is 137 cm³/mol. The van der Waals surface area contributed by atoms with Gasteiger partial charge in [-0.1, -0.05) is 22.9 Å². The average Bonchev–Trinajstić information content (AvgIpc) is 3.56. The molecule has 4 aromatic heterocycles. The minimum atomic E-state index is -0.379. The van der Waals surface area contributed by atoms with Crippen LogP contribution in [0.5, 0.6) is 11.5 Å². The van der Waals surface area contributed by atoms with E-state index in [0.29, 0.717) is 46.4 Å². The lowest BCUT2D eigenvalue weighted by molar-refractivity contribution is 0.0740. The quantitative estimate of drug-likeness (QED) is 0.368. The van der Waals surface area contributed by atoms with E-state index in [9.17, 15) is 9.59 Å². The van der Waals surface area contributed by atoms with E-state index in [4.69, 9.17) is 21.1 Å². The number of thiazole rings is 1. The molecule has 0 bridgehead atoms. The Hall–Kier alpha value is -4.03. The number of methoxy groups -OCH3 is 2. The Balaban J connectivity index is 1.36. The Bertz CT molecular complexity index is 1510. The number of aromatic nitrogens is 5. The molecule has 0 saturated heterocycles. The van der Waals surface area contributed by atoms with Gasteiger partial charge in [0.25, 0.3) is 11.8 Å². The number of pyridine rings is 2.